The molecular weight excluding hydrogens is 528 g/mol. The first-order valence-electron chi connectivity index (χ1n) is 10.8. The lowest BCUT2D eigenvalue weighted by atomic mass is 10.1. The zero-order valence-electron chi connectivity index (χ0n) is 18.6. The smallest absolute Gasteiger partial charge is 0.257 e. The van der Waals surface area contributed by atoms with Gasteiger partial charge >= 0.3 is 0 Å². The molecule has 4 rings (SSSR count). The lowest BCUT2D eigenvalue weighted by molar-refractivity contribution is 0.0949. The van der Waals surface area contributed by atoms with Crippen LogP contribution in [0.2, 0.25) is 10.0 Å². The van der Waals surface area contributed by atoms with Gasteiger partial charge in [0, 0.05) is 29.3 Å². The summed E-state index contributed by atoms with van der Waals surface area (Å²) in [5.41, 5.74) is 0.344. The second kappa shape index (κ2) is 10.8. The summed E-state index contributed by atoms with van der Waals surface area (Å²) in [6.45, 7) is 0.181. The third-order valence-electron chi connectivity index (χ3n) is 5.45. The third kappa shape index (κ3) is 5.93. The van der Waals surface area contributed by atoms with E-state index in [1.165, 1.54) is 0 Å². The summed E-state index contributed by atoms with van der Waals surface area (Å²) in [6.07, 6.45) is 1.48. The van der Waals surface area contributed by atoms with Gasteiger partial charge in [-0.3, -0.25) is 9.59 Å². The second-order valence-electron chi connectivity index (χ2n) is 7.94. The molecule has 0 saturated carbocycles. The number of sulfonamides is 1. The fraction of sp³-hybridized carbons (Fsp3) is 0.120. The van der Waals surface area contributed by atoms with Gasteiger partial charge in [0.2, 0.25) is 15.5 Å². The molecule has 0 saturated heterocycles. The Labute approximate surface area is 216 Å². The molecule has 1 heterocycles. The van der Waals surface area contributed by atoms with Crippen molar-refractivity contribution < 1.29 is 17.6 Å². The number of hydrogen-bond acceptors (Lipinski definition) is 4. The van der Waals surface area contributed by atoms with Crippen LogP contribution in [0.1, 0.15) is 21.5 Å². The predicted octanol–water partition coefficient (Wildman–Crippen LogP) is 4.43. The van der Waals surface area contributed by atoms with Crippen molar-refractivity contribution in [1.82, 2.24) is 15.0 Å². The van der Waals surface area contributed by atoms with Crippen LogP contribution in [0.4, 0.5) is 4.39 Å². The molecule has 0 unspecified atom stereocenters. The first-order chi connectivity index (χ1) is 17.1. The number of hydrogen-bond donors (Lipinski definition) is 3. The number of pyridine rings is 1. The molecule has 11 heteroatoms. The van der Waals surface area contributed by atoms with Crippen molar-refractivity contribution >= 4 is 50.0 Å². The summed E-state index contributed by atoms with van der Waals surface area (Å²) in [4.78, 5) is 27.8. The Balaban J connectivity index is 1.55. The van der Waals surface area contributed by atoms with E-state index in [9.17, 15) is 22.4 Å². The average molecular weight is 548 g/mol. The van der Waals surface area contributed by atoms with Crippen LogP contribution < -0.4 is 15.5 Å². The van der Waals surface area contributed by atoms with Crippen LogP contribution in [0.25, 0.3) is 10.9 Å². The van der Waals surface area contributed by atoms with E-state index in [-0.39, 0.29) is 29.6 Å². The zero-order chi connectivity index (χ0) is 25.9. The maximum Gasteiger partial charge on any atom is 0.257 e. The van der Waals surface area contributed by atoms with Crippen LogP contribution in [0.5, 0.6) is 0 Å². The Morgan fingerprint density at radius 2 is 1.56 bits per heavy atom. The number of aromatic amines is 1. The number of benzene rings is 3. The van der Waals surface area contributed by atoms with Gasteiger partial charge in [0.05, 0.1) is 15.8 Å². The quantitative estimate of drug-likeness (QED) is 0.303. The summed E-state index contributed by atoms with van der Waals surface area (Å²) in [5.74, 6) is -1.63. The fourth-order valence-corrected chi connectivity index (χ4v) is 4.85. The van der Waals surface area contributed by atoms with E-state index in [4.69, 9.17) is 23.2 Å². The SMILES string of the molecule is O=C(NCc1ccc(Cl)cc1)c1c[nH]c2c(F)cc(S(=O)(=O)NCCc3ccc(Cl)cc3)cc2c1=O. The maximum atomic E-state index is 14.7. The maximum absolute atomic E-state index is 14.7. The minimum atomic E-state index is -4.13. The minimum absolute atomic E-state index is 0.0487. The van der Waals surface area contributed by atoms with Crippen LogP contribution in [-0.2, 0) is 23.0 Å². The molecule has 1 aromatic heterocycles. The molecule has 3 aromatic carbocycles. The Hall–Kier alpha value is -3.24. The van der Waals surface area contributed by atoms with Gasteiger partial charge < -0.3 is 10.3 Å². The summed E-state index contributed by atoms with van der Waals surface area (Å²) in [7, 11) is -4.13. The Kier molecular flexibility index (Phi) is 7.75. The summed E-state index contributed by atoms with van der Waals surface area (Å²) >= 11 is 11.7. The van der Waals surface area contributed by atoms with Crippen molar-refractivity contribution in [2.45, 2.75) is 17.9 Å². The zero-order valence-corrected chi connectivity index (χ0v) is 21.0. The Morgan fingerprint density at radius 1 is 0.944 bits per heavy atom. The highest BCUT2D eigenvalue weighted by molar-refractivity contribution is 7.89. The van der Waals surface area contributed by atoms with E-state index < -0.39 is 32.1 Å². The van der Waals surface area contributed by atoms with E-state index in [0.717, 1.165) is 29.5 Å². The molecule has 0 aliphatic carbocycles. The standard InChI is InChI=1S/C25H20Cl2FN3O4S/c26-17-5-1-15(2-6-17)9-10-31-36(34,35)19-11-20-23(22(28)12-19)29-14-21(24(20)32)25(33)30-13-16-3-7-18(27)8-4-16/h1-8,11-12,14,31H,9-10,13H2,(H,29,32)(H,30,33). The number of carbonyl (C=O) groups excluding carboxylic acids is 1. The van der Waals surface area contributed by atoms with Crippen molar-refractivity contribution in [1.29, 1.82) is 0 Å². The molecule has 0 aliphatic heterocycles. The second-order valence-corrected chi connectivity index (χ2v) is 10.6. The molecule has 186 valence electrons. The van der Waals surface area contributed by atoms with Crippen molar-refractivity contribution in [3.63, 3.8) is 0 Å². The largest absolute Gasteiger partial charge is 0.358 e. The van der Waals surface area contributed by atoms with Gasteiger partial charge in [-0.05, 0) is 53.9 Å². The van der Waals surface area contributed by atoms with Gasteiger partial charge in [-0.25, -0.2) is 17.5 Å². The van der Waals surface area contributed by atoms with Gasteiger partial charge in [0.15, 0.2) is 0 Å². The van der Waals surface area contributed by atoms with Crippen LogP contribution in [-0.4, -0.2) is 25.9 Å². The van der Waals surface area contributed by atoms with E-state index >= 15 is 0 Å². The van der Waals surface area contributed by atoms with Gasteiger partial charge in [0.25, 0.3) is 5.91 Å². The third-order valence-corrected chi connectivity index (χ3v) is 7.40. The van der Waals surface area contributed by atoms with Gasteiger partial charge in [-0.2, -0.15) is 0 Å². The highest BCUT2D eigenvalue weighted by Gasteiger charge is 2.20. The molecular formula is C25H20Cl2FN3O4S. The highest BCUT2D eigenvalue weighted by Crippen LogP contribution is 2.20. The molecule has 0 bridgehead atoms. The molecule has 1 amide bonds. The molecule has 0 spiro atoms. The number of rotatable bonds is 8. The van der Waals surface area contributed by atoms with E-state index in [2.05, 4.69) is 15.0 Å². The van der Waals surface area contributed by atoms with Crippen LogP contribution in [0.15, 0.2) is 76.6 Å². The van der Waals surface area contributed by atoms with Gasteiger partial charge in [-0.15, -0.1) is 0 Å². The predicted molar refractivity (Wildman–Crippen MR) is 137 cm³/mol. The molecule has 4 aromatic rings. The van der Waals surface area contributed by atoms with E-state index in [1.807, 2.05) is 0 Å². The first kappa shape index (κ1) is 25.8. The molecule has 3 N–H and O–H groups in total. The van der Waals surface area contributed by atoms with E-state index in [1.54, 1.807) is 48.5 Å². The lowest BCUT2D eigenvalue weighted by Gasteiger charge is -2.10. The van der Waals surface area contributed by atoms with Crippen molar-refractivity contribution in [3.8, 4) is 0 Å². The van der Waals surface area contributed by atoms with Crippen LogP contribution in [0, 0.1) is 5.82 Å². The number of aromatic nitrogens is 1. The molecule has 0 atom stereocenters. The molecule has 0 fully saturated rings. The number of H-pyrrole nitrogens is 1. The minimum Gasteiger partial charge on any atom is -0.358 e. The Morgan fingerprint density at radius 3 is 2.19 bits per heavy atom. The molecule has 7 nitrogen and oxygen atoms in total. The van der Waals surface area contributed by atoms with Crippen molar-refractivity contribution in [2.75, 3.05) is 6.54 Å². The monoisotopic (exact) mass is 547 g/mol. The molecule has 0 aliphatic rings. The average Bonchev–Trinajstić information content (AvgIpc) is 2.85. The summed E-state index contributed by atoms with van der Waals surface area (Å²) < 4.78 is 42.7. The normalized spacial score (nSPS) is 11.5. The molecule has 0 radical (unpaired) electrons. The number of amides is 1. The Bertz CT molecular complexity index is 1590. The van der Waals surface area contributed by atoms with Gasteiger partial charge in [0.1, 0.15) is 11.4 Å². The summed E-state index contributed by atoms with van der Waals surface area (Å²) in [6, 6.07) is 15.6. The van der Waals surface area contributed by atoms with Crippen molar-refractivity contribution in [2.24, 2.45) is 0 Å². The van der Waals surface area contributed by atoms with Gasteiger partial charge in [-0.1, -0.05) is 47.5 Å². The number of fused-ring (bicyclic) bond motifs is 1. The molecule has 36 heavy (non-hydrogen) atoms. The van der Waals surface area contributed by atoms with Crippen LogP contribution in [0.3, 0.4) is 0 Å². The topological polar surface area (TPSA) is 108 Å². The lowest BCUT2D eigenvalue weighted by Crippen LogP contribution is -2.29. The number of carbonyl (C=O) groups is 1. The fourth-order valence-electron chi connectivity index (χ4n) is 3.53. The number of nitrogens with one attached hydrogen (secondary N) is 3. The van der Waals surface area contributed by atoms with Crippen molar-refractivity contribution in [3.05, 3.63) is 110 Å². The van der Waals surface area contributed by atoms with Crippen LogP contribution >= 0.6 is 23.2 Å². The first-order valence-corrected chi connectivity index (χ1v) is 13.0. The number of halogens is 3. The summed E-state index contributed by atoms with van der Waals surface area (Å²) in [5, 5.41) is 3.46. The van der Waals surface area contributed by atoms with E-state index in [0.29, 0.717) is 16.5 Å². The highest BCUT2D eigenvalue weighted by atomic mass is 35.5.